The number of urea groups is 1. The summed E-state index contributed by atoms with van der Waals surface area (Å²) in [7, 11) is 0. The highest BCUT2D eigenvalue weighted by Gasteiger charge is 2.20. The maximum atomic E-state index is 11.7. The number of nitrogens with zero attached hydrogens (tertiary/aromatic N) is 2. The highest BCUT2D eigenvalue weighted by molar-refractivity contribution is 5.82. The van der Waals surface area contributed by atoms with Crippen LogP contribution in [0.4, 0.5) is 4.79 Å². The Morgan fingerprint density at radius 1 is 1.35 bits per heavy atom. The van der Waals surface area contributed by atoms with Crippen molar-refractivity contribution in [1.82, 2.24) is 20.8 Å². The Morgan fingerprint density at radius 3 is 2.70 bits per heavy atom. The summed E-state index contributed by atoms with van der Waals surface area (Å²) < 4.78 is 4.84. The number of carboxylic acid groups (broad SMARTS) is 1. The van der Waals surface area contributed by atoms with Crippen molar-refractivity contribution in [2.45, 2.75) is 37.9 Å². The molecular formula is C12H22N6O5. The van der Waals surface area contributed by atoms with Crippen molar-refractivity contribution >= 4 is 12.0 Å². The quantitative estimate of drug-likeness (QED) is 0.275. The van der Waals surface area contributed by atoms with E-state index in [-0.39, 0.29) is 31.3 Å². The van der Waals surface area contributed by atoms with Gasteiger partial charge in [0, 0.05) is 0 Å². The molecule has 0 aromatic carbocycles. The summed E-state index contributed by atoms with van der Waals surface area (Å²) in [6.45, 7) is 0.0378. The third-order valence-electron chi connectivity index (χ3n) is 2.96. The fourth-order valence-electron chi connectivity index (χ4n) is 1.69. The average molecular weight is 330 g/mol. The molecule has 0 spiro atoms. The van der Waals surface area contributed by atoms with Crippen LogP contribution in [0.25, 0.3) is 0 Å². The van der Waals surface area contributed by atoms with Crippen LogP contribution in [-0.4, -0.2) is 51.5 Å². The first-order valence-corrected chi connectivity index (χ1v) is 7.14. The van der Waals surface area contributed by atoms with Gasteiger partial charge in [-0.3, -0.25) is 0 Å². The van der Waals surface area contributed by atoms with Gasteiger partial charge in [0.1, 0.15) is 6.04 Å². The van der Waals surface area contributed by atoms with E-state index in [0.29, 0.717) is 19.4 Å². The van der Waals surface area contributed by atoms with Crippen molar-refractivity contribution in [2.24, 2.45) is 11.5 Å². The van der Waals surface area contributed by atoms with E-state index in [0.717, 1.165) is 0 Å². The molecule has 130 valence electrons. The molecule has 1 aromatic heterocycles. The summed E-state index contributed by atoms with van der Waals surface area (Å²) in [6.07, 6.45) is 1.57. The molecule has 0 aliphatic heterocycles. The zero-order valence-corrected chi connectivity index (χ0v) is 12.6. The Kier molecular flexibility index (Phi) is 7.94. The summed E-state index contributed by atoms with van der Waals surface area (Å²) in [5.41, 5.74) is 10.9. The number of aromatic nitrogens is 2. The number of aliphatic carboxylic acids is 1. The van der Waals surface area contributed by atoms with E-state index in [1.54, 1.807) is 0 Å². The van der Waals surface area contributed by atoms with Gasteiger partial charge in [-0.05, 0) is 25.8 Å². The van der Waals surface area contributed by atoms with Crippen molar-refractivity contribution in [3.05, 3.63) is 11.7 Å². The fraction of sp³-hybridized carbons (Fsp3) is 0.667. The molecule has 0 aliphatic rings. The molecule has 0 saturated carbocycles. The standard InChI is InChI=1S/C12H22N6O5/c13-4-2-1-3-8(11(20)21)16-12(22)15-5-9-17-10(18-23-9)7(14)6-19/h7-8,19H,1-6,13-14H2,(H,20,21)(H2,15,16,22)/t7?,8-/m0/s1. The number of nitrogens with two attached hydrogens (primary N) is 2. The number of aliphatic hydroxyl groups excluding tert-OH is 1. The third kappa shape index (κ3) is 6.59. The highest BCUT2D eigenvalue weighted by atomic mass is 16.5. The number of hydrogen-bond donors (Lipinski definition) is 6. The normalized spacial score (nSPS) is 13.3. The molecule has 1 unspecified atom stereocenters. The number of unbranched alkanes of at least 4 members (excludes halogenated alkanes) is 1. The molecule has 0 radical (unpaired) electrons. The topological polar surface area (TPSA) is 190 Å². The Labute approximate surface area is 132 Å². The summed E-state index contributed by atoms with van der Waals surface area (Å²) in [6, 6.07) is -2.43. The molecule has 0 bridgehead atoms. The fourth-order valence-corrected chi connectivity index (χ4v) is 1.69. The van der Waals surface area contributed by atoms with Crippen molar-refractivity contribution in [1.29, 1.82) is 0 Å². The van der Waals surface area contributed by atoms with Crippen LogP contribution in [-0.2, 0) is 11.3 Å². The van der Waals surface area contributed by atoms with E-state index in [9.17, 15) is 9.59 Å². The van der Waals surface area contributed by atoms with E-state index < -0.39 is 24.1 Å². The minimum Gasteiger partial charge on any atom is -0.480 e. The number of carbonyl (C=O) groups excluding carboxylic acids is 1. The maximum Gasteiger partial charge on any atom is 0.326 e. The molecule has 2 amide bonds. The van der Waals surface area contributed by atoms with E-state index in [2.05, 4.69) is 20.8 Å². The lowest BCUT2D eigenvalue weighted by Gasteiger charge is -2.14. The van der Waals surface area contributed by atoms with Crippen molar-refractivity contribution < 1.29 is 24.3 Å². The molecule has 1 heterocycles. The second-order valence-electron chi connectivity index (χ2n) is 4.84. The van der Waals surface area contributed by atoms with E-state index >= 15 is 0 Å². The number of rotatable bonds is 10. The van der Waals surface area contributed by atoms with Gasteiger partial charge in [-0.2, -0.15) is 4.98 Å². The molecule has 0 aliphatic carbocycles. The summed E-state index contributed by atoms with van der Waals surface area (Å²) in [5, 5.41) is 26.2. The Morgan fingerprint density at radius 2 is 2.09 bits per heavy atom. The van der Waals surface area contributed by atoms with Crippen LogP contribution in [0.5, 0.6) is 0 Å². The van der Waals surface area contributed by atoms with Crippen LogP contribution in [0.15, 0.2) is 4.52 Å². The highest BCUT2D eigenvalue weighted by Crippen LogP contribution is 2.05. The molecule has 8 N–H and O–H groups in total. The monoisotopic (exact) mass is 330 g/mol. The lowest BCUT2D eigenvalue weighted by Crippen LogP contribution is -2.45. The van der Waals surface area contributed by atoms with Crippen molar-refractivity contribution in [3.63, 3.8) is 0 Å². The third-order valence-corrected chi connectivity index (χ3v) is 2.96. The zero-order valence-electron chi connectivity index (χ0n) is 12.6. The van der Waals surface area contributed by atoms with E-state index in [1.807, 2.05) is 0 Å². The molecular weight excluding hydrogens is 308 g/mol. The van der Waals surface area contributed by atoms with Crippen LogP contribution in [0.3, 0.4) is 0 Å². The number of carboxylic acids is 1. The lowest BCUT2D eigenvalue weighted by molar-refractivity contribution is -0.139. The lowest BCUT2D eigenvalue weighted by atomic mass is 10.1. The van der Waals surface area contributed by atoms with Gasteiger partial charge in [0.2, 0.25) is 5.89 Å². The molecule has 0 saturated heterocycles. The van der Waals surface area contributed by atoms with E-state index in [4.69, 9.17) is 26.2 Å². The minimum atomic E-state index is -1.12. The molecule has 2 atom stereocenters. The van der Waals surface area contributed by atoms with Crippen LogP contribution < -0.4 is 22.1 Å². The number of nitrogens with one attached hydrogen (secondary N) is 2. The van der Waals surface area contributed by atoms with Gasteiger partial charge in [-0.1, -0.05) is 5.16 Å². The summed E-state index contributed by atoms with van der Waals surface area (Å²) in [5.74, 6) is -0.907. The zero-order chi connectivity index (χ0) is 17.2. The first-order chi connectivity index (χ1) is 11.0. The van der Waals surface area contributed by atoms with Crippen LogP contribution in [0.2, 0.25) is 0 Å². The van der Waals surface area contributed by atoms with Gasteiger partial charge in [0.25, 0.3) is 0 Å². The maximum absolute atomic E-state index is 11.7. The van der Waals surface area contributed by atoms with Crippen LogP contribution >= 0.6 is 0 Å². The molecule has 1 rings (SSSR count). The molecule has 11 nitrogen and oxygen atoms in total. The number of aliphatic hydroxyl groups is 1. The number of hydrogen-bond acceptors (Lipinski definition) is 8. The second kappa shape index (κ2) is 9.71. The smallest absolute Gasteiger partial charge is 0.326 e. The summed E-state index contributed by atoms with van der Waals surface area (Å²) in [4.78, 5) is 26.7. The van der Waals surface area contributed by atoms with Crippen LogP contribution in [0.1, 0.15) is 37.0 Å². The SMILES string of the molecule is NCCCC[C@H](NC(=O)NCc1nc(C(N)CO)no1)C(=O)O. The van der Waals surface area contributed by atoms with Crippen molar-refractivity contribution in [3.8, 4) is 0 Å². The molecule has 23 heavy (non-hydrogen) atoms. The van der Waals surface area contributed by atoms with Crippen molar-refractivity contribution in [2.75, 3.05) is 13.2 Å². The minimum absolute atomic E-state index is 0.0911. The predicted molar refractivity (Wildman–Crippen MR) is 78.0 cm³/mol. The average Bonchev–Trinajstić information content (AvgIpc) is 3.00. The van der Waals surface area contributed by atoms with E-state index in [1.165, 1.54) is 0 Å². The molecule has 11 heteroatoms. The van der Waals surface area contributed by atoms with Gasteiger partial charge in [0.15, 0.2) is 5.82 Å². The van der Waals surface area contributed by atoms with Gasteiger partial charge >= 0.3 is 12.0 Å². The van der Waals surface area contributed by atoms with Gasteiger partial charge in [-0.25, -0.2) is 9.59 Å². The molecule has 0 fully saturated rings. The van der Waals surface area contributed by atoms with Gasteiger partial charge in [-0.15, -0.1) is 0 Å². The Bertz CT molecular complexity index is 508. The van der Waals surface area contributed by atoms with Gasteiger partial charge < -0.3 is 36.8 Å². The first kappa shape index (κ1) is 18.8. The predicted octanol–water partition coefficient (Wildman–Crippen LogP) is -1.56. The van der Waals surface area contributed by atoms with Gasteiger partial charge in [0.05, 0.1) is 19.2 Å². The summed E-state index contributed by atoms with van der Waals surface area (Å²) >= 11 is 0. The Balaban J connectivity index is 2.42. The largest absolute Gasteiger partial charge is 0.480 e. The second-order valence-corrected chi connectivity index (χ2v) is 4.84. The van der Waals surface area contributed by atoms with Crippen LogP contribution in [0, 0.1) is 0 Å². The first-order valence-electron chi connectivity index (χ1n) is 7.14. The number of amides is 2. The Hall–Kier alpha value is -2.24. The number of carbonyl (C=O) groups is 2. The molecule has 1 aromatic rings.